The highest BCUT2D eigenvalue weighted by atomic mass is 15.1. The molecule has 0 saturated carbocycles. The van der Waals surface area contributed by atoms with Gasteiger partial charge in [0.25, 0.3) is 0 Å². The Morgan fingerprint density at radius 1 is 1.27 bits per heavy atom. The van der Waals surface area contributed by atoms with Crippen molar-refractivity contribution in [1.29, 1.82) is 0 Å². The van der Waals surface area contributed by atoms with Gasteiger partial charge in [-0.2, -0.15) is 0 Å². The third-order valence-corrected chi connectivity index (χ3v) is 2.33. The second-order valence-electron chi connectivity index (χ2n) is 3.49. The van der Waals surface area contributed by atoms with Gasteiger partial charge in [0, 0.05) is 18.9 Å². The van der Waals surface area contributed by atoms with E-state index in [4.69, 9.17) is 0 Å². The number of rotatable bonds is 4. The quantitative estimate of drug-likeness (QED) is 0.815. The number of nitrogens with zero attached hydrogens (tertiary/aromatic N) is 2. The van der Waals surface area contributed by atoms with E-state index >= 15 is 0 Å². The number of nitrogens with one attached hydrogen (secondary N) is 1. The predicted molar refractivity (Wildman–Crippen MR) is 60.5 cm³/mol. The lowest BCUT2D eigenvalue weighted by Crippen LogP contribution is -2.12. The first kappa shape index (κ1) is 9.93. The van der Waals surface area contributed by atoms with Crippen molar-refractivity contribution in [3.8, 4) is 0 Å². The second-order valence-corrected chi connectivity index (χ2v) is 3.49. The molecule has 2 rings (SSSR count). The van der Waals surface area contributed by atoms with Crippen molar-refractivity contribution in [3.05, 3.63) is 54.1 Å². The van der Waals surface area contributed by atoms with Crippen LogP contribution < -0.4 is 5.32 Å². The van der Waals surface area contributed by atoms with E-state index in [1.54, 1.807) is 0 Å². The summed E-state index contributed by atoms with van der Waals surface area (Å²) in [5.74, 6) is 1.07. The molecule has 0 aliphatic rings. The maximum Gasteiger partial charge on any atom is 0.122 e. The molecule has 0 saturated heterocycles. The molecule has 0 fully saturated rings. The number of hydrogen-bond acceptors (Lipinski definition) is 2. The van der Waals surface area contributed by atoms with Gasteiger partial charge in [0.15, 0.2) is 0 Å². The largest absolute Gasteiger partial charge is 0.329 e. The predicted octanol–water partition coefficient (Wildman–Crippen LogP) is 1.65. The van der Waals surface area contributed by atoms with E-state index in [0.29, 0.717) is 0 Å². The van der Waals surface area contributed by atoms with Crippen molar-refractivity contribution in [2.75, 3.05) is 7.05 Å². The van der Waals surface area contributed by atoms with Crippen LogP contribution in [0.1, 0.15) is 11.4 Å². The smallest absolute Gasteiger partial charge is 0.122 e. The first-order chi connectivity index (χ1) is 7.40. The summed E-state index contributed by atoms with van der Waals surface area (Å²) >= 11 is 0. The Morgan fingerprint density at radius 3 is 2.80 bits per heavy atom. The van der Waals surface area contributed by atoms with Gasteiger partial charge in [-0.15, -0.1) is 0 Å². The Hall–Kier alpha value is -1.61. The van der Waals surface area contributed by atoms with Gasteiger partial charge in [-0.25, -0.2) is 4.98 Å². The Labute approximate surface area is 89.8 Å². The van der Waals surface area contributed by atoms with Gasteiger partial charge in [-0.3, -0.25) is 0 Å². The minimum atomic E-state index is 0.805. The summed E-state index contributed by atoms with van der Waals surface area (Å²) in [6, 6.07) is 10.4. The molecule has 0 aliphatic heterocycles. The van der Waals surface area contributed by atoms with Crippen LogP contribution in [0.5, 0.6) is 0 Å². The Morgan fingerprint density at radius 2 is 2.07 bits per heavy atom. The lowest BCUT2D eigenvalue weighted by atomic mass is 10.2. The summed E-state index contributed by atoms with van der Waals surface area (Å²) in [4.78, 5) is 4.30. The Kier molecular flexibility index (Phi) is 3.15. The molecule has 0 radical (unpaired) electrons. The molecule has 0 amide bonds. The Bertz CT molecular complexity index is 406. The molecule has 0 spiro atoms. The highest BCUT2D eigenvalue weighted by molar-refractivity contribution is 5.15. The van der Waals surface area contributed by atoms with E-state index in [-0.39, 0.29) is 0 Å². The normalized spacial score (nSPS) is 10.5. The molecule has 1 aromatic carbocycles. The molecule has 1 heterocycles. The van der Waals surface area contributed by atoms with E-state index in [1.165, 1.54) is 5.56 Å². The van der Waals surface area contributed by atoms with Crippen LogP contribution in [0.3, 0.4) is 0 Å². The third-order valence-electron chi connectivity index (χ3n) is 2.33. The lowest BCUT2D eigenvalue weighted by molar-refractivity contribution is 0.673. The highest BCUT2D eigenvalue weighted by Gasteiger charge is 2.01. The van der Waals surface area contributed by atoms with Crippen molar-refractivity contribution >= 4 is 0 Å². The summed E-state index contributed by atoms with van der Waals surface area (Å²) in [5.41, 5.74) is 1.30. The van der Waals surface area contributed by atoms with Crippen LogP contribution in [0.4, 0.5) is 0 Å². The summed E-state index contributed by atoms with van der Waals surface area (Å²) in [6.07, 6.45) is 3.86. The maximum absolute atomic E-state index is 4.30. The average Bonchev–Trinajstić information content (AvgIpc) is 2.68. The first-order valence-electron chi connectivity index (χ1n) is 5.08. The molecule has 0 unspecified atom stereocenters. The fourth-order valence-corrected chi connectivity index (χ4v) is 1.59. The SMILES string of the molecule is CNCc1nccn1Cc1ccccc1. The summed E-state index contributed by atoms with van der Waals surface area (Å²) in [6.45, 7) is 1.69. The second kappa shape index (κ2) is 4.75. The Balaban J connectivity index is 2.14. The molecule has 0 bridgehead atoms. The van der Waals surface area contributed by atoms with E-state index in [1.807, 2.05) is 25.5 Å². The molecule has 1 N–H and O–H groups in total. The molecule has 3 nitrogen and oxygen atoms in total. The van der Waals surface area contributed by atoms with Crippen LogP contribution >= 0.6 is 0 Å². The number of imidazole rings is 1. The van der Waals surface area contributed by atoms with Gasteiger partial charge in [-0.1, -0.05) is 30.3 Å². The van der Waals surface area contributed by atoms with Gasteiger partial charge in [0.2, 0.25) is 0 Å². The van der Waals surface area contributed by atoms with E-state index in [0.717, 1.165) is 18.9 Å². The van der Waals surface area contributed by atoms with Gasteiger partial charge >= 0.3 is 0 Å². The summed E-state index contributed by atoms with van der Waals surface area (Å²) < 4.78 is 2.16. The minimum Gasteiger partial charge on any atom is -0.329 e. The van der Waals surface area contributed by atoms with Crippen LogP contribution in [0.2, 0.25) is 0 Å². The molecule has 15 heavy (non-hydrogen) atoms. The first-order valence-corrected chi connectivity index (χ1v) is 5.08. The van der Waals surface area contributed by atoms with Gasteiger partial charge < -0.3 is 9.88 Å². The van der Waals surface area contributed by atoms with Crippen LogP contribution in [0.25, 0.3) is 0 Å². The molecule has 1 aromatic heterocycles. The average molecular weight is 201 g/mol. The van der Waals surface area contributed by atoms with Crippen LogP contribution in [0.15, 0.2) is 42.7 Å². The number of aromatic nitrogens is 2. The van der Waals surface area contributed by atoms with Crippen molar-refractivity contribution in [1.82, 2.24) is 14.9 Å². The van der Waals surface area contributed by atoms with Gasteiger partial charge in [0.1, 0.15) is 5.82 Å². The van der Waals surface area contributed by atoms with Crippen molar-refractivity contribution in [3.63, 3.8) is 0 Å². The molecular formula is C12H15N3. The molecular weight excluding hydrogens is 186 g/mol. The third kappa shape index (κ3) is 2.44. The van der Waals surface area contributed by atoms with E-state index in [2.05, 4.69) is 39.1 Å². The van der Waals surface area contributed by atoms with E-state index in [9.17, 15) is 0 Å². The van der Waals surface area contributed by atoms with E-state index < -0.39 is 0 Å². The standard InChI is InChI=1S/C12H15N3/c1-13-9-12-14-7-8-15(12)10-11-5-3-2-4-6-11/h2-8,13H,9-10H2,1H3. The summed E-state index contributed by atoms with van der Waals surface area (Å²) in [7, 11) is 1.93. The van der Waals surface area contributed by atoms with Crippen molar-refractivity contribution in [2.45, 2.75) is 13.1 Å². The summed E-state index contributed by atoms with van der Waals surface area (Å²) in [5, 5.41) is 3.11. The van der Waals surface area contributed by atoms with Crippen LogP contribution in [-0.4, -0.2) is 16.6 Å². The zero-order chi connectivity index (χ0) is 10.5. The fourth-order valence-electron chi connectivity index (χ4n) is 1.59. The zero-order valence-corrected chi connectivity index (χ0v) is 8.85. The fraction of sp³-hybridized carbons (Fsp3) is 0.250. The van der Waals surface area contributed by atoms with Gasteiger partial charge in [-0.05, 0) is 12.6 Å². The zero-order valence-electron chi connectivity index (χ0n) is 8.85. The molecule has 78 valence electrons. The van der Waals surface area contributed by atoms with Crippen LogP contribution in [0, 0.1) is 0 Å². The maximum atomic E-state index is 4.30. The molecule has 0 atom stereocenters. The van der Waals surface area contributed by atoms with Crippen molar-refractivity contribution in [2.24, 2.45) is 0 Å². The molecule has 2 aromatic rings. The lowest BCUT2D eigenvalue weighted by Gasteiger charge is -2.07. The topological polar surface area (TPSA) is 29.9 Å². The minimum absolute atomic E-state index is 0.805. The molecule has 3 heteroatoms. The van der Waals surface area contributed by atoms with Gasteiger partial charge in [0.05, 0.1) is 6.54 Å². The monoisotopic (exact) mass is 201 g/mol. The highest BCUT2D eigenvalue weighted by Crippen LogP contribution is 2.04. The van der Waals surface area contributed by atoms with Crippen LogP contribution in [-0.2, 0) is 13.1 Å². The number of hydrogen-bond donors (Lipinski definition) is 1. The number of benzene rings is 1. The molecule has 0 aliphatic carbocycles. The van der Waals surface area contributed by atoms with Crippen molar-refractivity contribution < 1.29 is 0 Å².